The molecule has 5 heteroatoms. The standard InChI is InChI=1S/C27H29NO4/c1-31-26(29)19-22-12-16-25(17-13-22)24-14-10-21(11-15-24)7-5-6-18-28-27(30)32-20-23-8-3-2-4-9-23/h2-4,8-17H,5-7,18-20H2,1H3,(H,28,30). The Kier molecular flexibility index (Phi) is 8.87. The smallest absolute Gasteiger partial charge is 0.407 e. The predicted molar refractivity (Wildman–Crippen MR) is 125 cm³/mol. The topological polar surface area (TPSA) is 64.6 Å². The van der Waals surface area contributed by atoms with Crippen LogP contribution in [0.2, 0.25) is 0 Å². The molecule has 5 nitrogen and oxygen atoms in total. The second-order valence-electron chi connectivity index (χ2n) is 7.59. The fourth-order valence-electron chi connectivity index (χ4n) is 3.34. The highest BCUT2D eigenvalue weighted by Crippen LogP contribution is 2.21. The lowest BCUT2D eigenvalue weighted by Gasteiger charge is -2.08. The van der Waals surface area contributed by atoms with Gasteiger partial charge in [0, 0.05) is 6.54 Å². The van der Waals surface area contributed by atoms with Gasteiger partial charge in [0.15, 0.2) is 0 Å². The van der Waals surface area contributed by atoms with Crippen molar-refractivity contribution in [2.75, 3.05) is 13.7 Å². The van der Waals surface area contributed by atoms with Crippen molar-refractivity contribution in [1.29, 1.82) is 0 Å². The molecule has 0 aromatic heterocycles. The summed E-state index contributed by atoms with van der Waals surface area (Å²) in [5.41, 5.74) is 5.44. The van der Waals surface area contributed by atoms with E-state index in [4.69, 9.17) is 9.47 Å². The van der Waals surface area contributed by atoms with Crippen molar-refractivity contribution in [3.05, 3.63) is 95.6 Å². The van der Waals surface area contributed by atoms with Gasteiger partial charge in [-0.2, -0.15) is 0 Å². The molecule has 0 unspecified atom stereocenters. The molecule has 0 saturated heterocycles. The number of unbranched alkanes of at least 4 members (excludes halogenated alkanes) is 1. The molecule has 0 bridgehead atoms. The summed E-state index contributed by atoms with van der Waals surface area (Å²) in [4.78, 5) is 23.1. The van der Waals surface area contributed by atoms with E-state index in [9.17, 15) is 9.59 Å². The number of esters is 1. The lowest BCUT2D eigenvalue weighted by molar-refractivity contribution is -0.139. The molecule has 3 rings (SSSR count). The highest BCUT2D eigenvalue weighted by molar-refractivity contribution is 5.73. The molecule has 0 heterocycles. The summed E-state index contributed by atoms with van der Waals surface area (Å²) in [6.07, 6.45) is 2.74. The number of hydrogen-bond donors (Lipinski definition) is 1. The molecule has 0 aliphatic carbocycles. The Hall–Kier alpha value is -3.60. The van der Waals surface area contributed by atoms with Crippen LogP contribution in [0.4, 0.5) is 4.79 Å². The van der Waals surface area contributed by atoms with Crippen molar-refractivity contribution in [3.63, 3.8) is 0 Å². The number of nitrogens with one attached hydrogen (secondary N) is 1. The monoisotopic (exact) mass is 431 g/mol. The maximum atomic E-state index is 11.8. The van der Waals surface area contributed by atoms with Gasteiger partial charge in [-0.3, -0.25) is 4.79 Å². The van der Waals surface area contributed by atoms with Crippen LogP contribution in [-0.2, 0) is 33.7 Å². The Labute approximate surface area is 189 Å². The van der Waals surface area contributed by atoms with E-state index in [1.165, 1.54) is 12.7 Å². The molecule has 1 amide bonds. The number of rotatable bonds is 10. The average Bonchev–Trinajstić information content (AvgIpc) is 2.84. The molecule has 0 radical (unpaired) electrons. The zero-order valence-corrected chi connectivity index (χ0v) is 18.4. The van der Waals surface area contributed by atoms with Crippen molar-refractivity contribution < 1.29 is 19.1 Å². The van der Waals surface area contributed by atoms with Crippen LogP contribution in [0.3, 0.4) is 0 Å². The van der Waals surface area contributed by atoms with Crippen LogP contribution < -0.4 is 5.32 Å². The van der Waals surface area contributed by atoms with Gasteiger partial charge < -0.3 is 14.8 Å². The Bertz CT molecular complexity index is 982. The van der Waals surface area contributed by atoms with Crippen LogP contribution in [0, 0.1) is 0 Å². The number of amides is 1. The largest absolute Gasteiger partial charge is 0.469 e. The number of methoxy groups -OCH3 is 1. The van der Waals surface area contributed by atoms with Crippen molar-refractivity contribution in [2.45, 2.75) is 32.3 Å². The third kappa shape index (κ3) is 7.58. The van der Waals surface area contributed by atoms with Gasteiger partial charge in [0.25, 0.3) is 0 Å². The summed E-state index contributed by atoms with van der Waals surface area (Å²) >= 11 is 0. The van der Waals surface area contributed by atoms with E-state index >= 15 is 0 Å². The predicted octanol–water partition coefficient (Wildman–Crippen LogP) is 5.32. The Balaban J connectivity index is 1.35. The average molecular weight is 432 g/mol. The molecule has 0 fully saturated rings. The van der Waals surface area contributed by atoms with Gasteiger partial charge >= 0.3 is 12.1 Å². The van der Waals surface area contributed by atoms with E-state index in [0.29, 0.717) is 6.54 Å². The fourth-order valence-corrected chi connectivity index (χ4v) is 3.34. The summed E-state index contributed by atoms with van der Waals surface area (Å²) < 4.78 is 9.91. The highest BCUT2D eigenvalue weighted by atomic mass is 16.5. The number of alkyl carbamates (subject to hydrolysis) is 1. The molecule has 32 heavy (non-hydrogen) atoms. The lowest BCUT2D eigenvalue weighted by atomic mass is 10.00. The van der Waals surface area contributed by atoms with Crippen LogP contribution in [0.1, 0.15) is 29.5 Å². The van der Waals surface area contributed by atoms with Gasteiger partial charge in [-0.25, -0.2) is 4.79 Å². The Morgan fingerprint density at radius 2 is 1.38 bits per heavy atom. The minimum Gasteiger partial charge on any atom is -0.469 e. The van der Waals surface area contributed by atoms with Crippen molar-refractivity contribution in [3.8, 4) is 11.1 Å². The Morgan fingerprint density at radius 3 is 2.00 bits per heavy atom. The zero-order valence-electron chi connectivity index (χ0n) is 18.4. The molecular formula is C27H29NO4. The summed E-state index contributed by atoms with van der Waals surface area (Å²) in [6, 6.07) is 26.1. The van der Waals surface area contributed by atoms with Crippen LogP contribution in [-0.4, -0.2) is 25.7 Å². The summed E-state index contributed by atoms with van der Waals surface area (Å²) in [6.45, 7) is 0.886. The van der Waals surface area contributed by atoms with Gasteiger partial charge in [-0.05, 0) is 47.1 Å². The van der Waals surface area contributed by atoms with Gasteiger partial charge in [-0.15, -0.1) is 0 Å². The molecule has 1 N–H and O–H groups in total. The lowest BCUT2D eigenvalue weighted by Crippen LogP contribution is -2.25. The third-order valence-electron chi connectivity index (χ3n) is 5.19. The highest BCUT2D eigenvalue weighted by Gasteiger charge is 2.05. The van der Waals surface area contributed by atoms with Crippen LogP contribution in [0.15, 0.2) is 78.9 Å². The third-order valence-corrected chi connectivity index (χ3v) is 5.19. The van der Waals surface area contributed by atoms with Gasteiger partial charge in [0.1, 0.15) is 6.61 Å². The number of ether oxygens (including phenoxy) is 2. The van der Waals surface area contributed by atoms with Crippen LogP contribution in [0.5, 0.6) is 0 Å². The Morgan fingerprint density at radius 1 is 0.750 bits per heavy atom. The first-order valence-corrected chi connectivity index (χ1v) is 10.8. The molecule has 166 valence electrons. The van der Waals surface area contributed by atoms with E-state index in [0.717, 1.165) is 41.5 Å². The normalized spacial score (nSPS) is 10.4. The van der Waals surface area contributed by atoms with Crippen LogP contribution >= 0.6 is 0 Å². The van der Waals surface area contributed by atoms with Crippen molar-refractivity contribution in [1.82, 2.24) is 5.32 Å². The second-order valence-corrected chi connectivity index (χ2v) is 7.59. The minimum absolute atomic E-state index is 0.235. The van der Waals surface area contributed by atoms with Crippen molar-refractivity contribution >= 4 is 12.1 Å². The van der Waals surface area contributed by atoms with Crippen molar-refractivity contribution in [2.24, 2.45) is 0 Å². The SMILES string of the molecule is COC(=O)Cc1ccc(-c2ccc(CCCCNC(=O)OCc3ccccc3)cc2)cc1. The van der Waals surface area contributed by atoms with Gasteiger partial charge in [-0.1, -0.05) is 78.9 Å². The number of aryl methyl sites for hydroxylation is 1. The zero-order chi connectivity index (χ0) is 22.6. The maximum Gasteiger partial charge on any atom is 0.407 e. The summed E-state index contributed by atoms with van der Waals surface area (Å²) in [7, 11) is 1.40. The van der Waals surface area contributed by atoms with Gasteiger partial charge in [0.2, 0.25) is 0 Å². The van der Waals surface area contributed by atoms with E-state index in [1.807, 2.05) is 54.6 Å². The first-order chi connectivity index (χ1) is 15.6. The summed E-state index contributed by atoms with van der Waals surface area (Å²) in [5.74, 6) is -0.235. The molecule has 0 aliphatic heterocycles. The van der Waals surface area contributed by atoms with E-state index in [1.54, 1.807) is 0 Å². The molecule has 0 spiro atoms. The number of carbonyl (C=O) groups excluding carboxylic acids is 2. The number of carbonyl (C=O) groups is 2. The molecule has 0 aliphatic rings. The maximum absolute atomic E-state index is 11.8. The summed E-state index contributed by atoms with van der Waals surface area (Å²) in [5, 5.41) is 2.80. The van der Waals surface area contributed by atoms with E-state index in [2.05, 4.69) is 29.6 Å². The minimum atomic E-state index is -0.379. The molecular weight excluding hydrogens is 402 g/mol. The molecule has 0 saturated carbocycles. The van der Waals surface area contributed by atoms with Gasteiger partial charge in [0.05, 0.1) is 13.5 Å². The molecule has 0 atom stereocenters. The quantitative estimate of drug-likeness (QED) is 0.349. The second kappa shape index (κ2) is 12.3. The first kappa shape index (κ1) is 23.1. The van der Waals surface area contributed by atoms with E-state index in [-0.39, 0.29) is 25.1 Å². The number of benzene rings is 3. The molecule has 3 aromatic carbocycles. The number of hydrogen-bond acceptors (Lipinski definition) is 4. The first-order valence-electron chi connectivity index (χ1n) is 10.8. The van der Waals surface area contributed by atoms with Crippen LogP contribution in [0.25, 0.3) is 11.1 Å². The fraction of sp³-hybridized carbons (Fsp3) is 0.259. The van der Waals surface area contributed by atoms with E-state index < -0.39 is 0 Å². The molecule has 3 aromatic rings.